The van der Waals surface area contributed by atoms with Gasteiger partial charge in [0.05, 0.1) is 25.4 Å². The van der Waals surface area contributed by atoms with Crippen molar-refractivity contribution in [3.63, 3.8) is 0 Å². The number of nitrogens with two attached hydrogens (primary N) is 1. The molecule has 180 valence electrons. The van der Waals surface area contributed by atoms with Gasteiger partial charge < -0.3 is 15.8 Å². The molecule has 1 amide bonds. The molecule has 1 atom stereocenters. The van der Waals surface area contributed by atoms with E-state index in [9.17, 15) is 4.79 Å². The largest absolute Gasteiger partial charge is 0.497 e. The van der Waals surface area contributed by atoms with Gasteiger partial charge in [-0.3, -0.25) is 9.48 Å². The average Bonchev–Trinajstić information content (AvgIpc) is 3.12. The molecular weight excluding hydrogens is 424 g/mol. The van der Waals surface area contributed by atoms with Gasteiger partial charge in [0.15, 0.2) is 0 Å². The van der Waals surface area contributed by atoms with Gasteiger partial charge in [0.2, 0.25) is 5.91 Å². The molecule has 1 aromatic heterocycles. The highest BCUT2D eigenvalue weighted by atomic mass is 16.5. The van der Waals surface area contributed by atoms with Gasteiger partial charge in [-0.05, 0) is 73.9 Å². The van der Waals surface area contributed by atoms with Crippen molar-refractivity contribution in [1.29, 1.82) is 0 Å². The molecule has 0 saturated heterocycles. The molecule has 1 saturated carbocycles. The third-order valence-corrected chi connectivity index (χ3v) is 7.19. The van der Waals surface area contributed by atoms with Crippen molar-refractivity contribution in [2.24, 2.45) is 17.6 Å². The molecule has 1 unspecified atom stereocenters. The lowest BCUT2D eigenvalue weighted by molar-refractivity contribution is -0.118. The Hall–Kier alpha value is -3.12. The van der Waals surface area contributed by atoms with Crippen molar-refractivity contribution in [3.05, 3.63) is 65.5 Å². The first kappa shape index (κ1) is 24.0. The highest BCUT2D eigenvalue weighted by Gasteiger charge is 2.28. The summed E-state index contributed by atoms with van der Waals surface area (Å²) in [5.74, 6) is 1.77. The minimum Gasteiger partial charge on any atom is -0.497 e. The second kappa shape index (κ2) is 10.4. The van der Waals surface area contributed by atoms with E-state index >= 15 is 0 Å². The summed E-state index contributed by atoms with van der Waals surface area (Å²) in [6.45, 7) is 7.10. The van der Waals surface area contributed by atoms with Crippen LogP contribution in [-0.2, 0) is 11.3 Å². The van der Waals surface area contributed by atoms with Crippen molar-refractivity contribution >= 4 is 11.6 Å². The zero-order valence-corrected chi connectivity index (χ0v) is 20.7. The normalized spacial score (nSPS) is 19.0. The first-order chi connectivity index (χ1) is 16.4. The number of hydrogen-bond donors (Lipinski definition) is 2. The van der Waals surface area contributed by atoms with Gasteiger partial charge in [-0.2, -0.15) is 5.10 Å². The number of carbonyl (C=O) groups is 1. The fourth-order valence-corrected chi connectivity index (χ4v) is 4.98. The number of methoxy groups -OCH3 is 1. The number of ether oxygens (including phenoxy) is 1. The van der Waals surface area contributed by atoms with Crippen molar-refractivity contribution in [1.82, 2.24) is 9.78 Å². The van der Waals surface area contributed by atoms with Crippen LogP contribution >= 0.6 is 0 Å². The van der Waals surface area contributed by atoms with E-state index in [0.717, 1.165) is 65.6 Å². The molecule has 1 aliphatic rings. The van der Waals surface area contributed by atoms with Gasteiger partial charge in [-0.15, -0.1) is 0 Å². The quantitative estimate of drug-likeness (QED) is 0.500. The molecule has 0 spiro atoms. The standard InChI is InChI=1S/C28H36N4O2/c1-18-5-9-23(10-6-18)27(29)28(33)30-24-13-11-22(12-14-24)26-19(2)31-32(20(26)3)17-21-7-15-25(34-4)16-8-21/h7-8,11-16,18,23,27H,5-6,9-10,17,29H2,1-4H3,(H,30,33). The van der Waals surface area contributed by atoms with Crippen molar-refractivity contribution < 1.29 is 9.53 Å². The average molecular weight is 461 g/mol. The zero-order valence-electron chi connectivity index (χ0n) is 20.7. The third kappa shape index (κ3) is 5.33. The highest BCUT2D eigenvalue weighted by molar-refractivity contribution is 5.95. The van der Waals surface area contributed by atoms with Gasteiger partial charge in [-0.25, -0.2) is 0 Å². The number of anilines is 1. The number of nitrogens with one attached hydrogen (secondary N) is 1. The summed E-state index contributed by atoms with van der Waals surface area (Å²) in [5.41, 5.74) is 12.5. The van der Waals surface area contributed by atoms with E-state index in [4.69, 9.17) is 15.6 Å². The van der Waals surface area contributed by atoms with Gasteiger partial charge in [0.25, 0.3) is 0 Å². The van der Waals surface area contributed by atoms with E-state index in [1.165, 1.54) is 5.56 Å². The van der Waals surface area contributed by atoms with Crippen LogP contribution in [0.4, 0.5) is 5.69 Å². The molecule has 0 aliphatic heterocycles. The van der Waals surface area contributed by atoms with Crippen LogP contribution in [0.15, 0.2) is 48.5 Å². The summed E-state index contributed by atoms with van der Waals surface area (Å²) >= 11 is 0. The maximum absolute atomic E-state index is 12.7. The van der Waals surface area contributed by atoms with Gasteiger partial charge >= 0.3 is 0 Å². The molecule has 1 aliphatic carbocycles. The Bertz CT molecular complexity index is 1110. The number of aryl methyl sites for hydroxylation is 1. The molecule has 6 heteroatoms. The fourth-order valence-electron chi connectivity index (χ4n) is 4.98. The molecular formula is C28H36N4O2. The van der Waals surface area contributed by atoms with Gasteiger partial charge in [0.1, 0.15) is 5.75 Å². The summed E-state index contributed by atoms with van der Waals surface area (Å²) in [6.07, 6.45) is 4.39. The highest BCUT2D eigenvalue weighted by Crippen LogP contribution is 2.31. The number of rotatable bonds is 7. The molecule has 3 N–H and O–H groups in total. The summed E-state index contributed by atoms with van der Waals surface area (Å²) in [4.78, 5) is 12.7. The maximum atomic E-state index is 12.7. The van der Waals surface area contributed by atoms with Crippen molar-refractivity contribution in [3.8, 4) is 16.9 Å². The SMILES string of the molecule is COc1ccc(Cn2nc(C)c(-c3ccc(NC(=O)C(N)C4CCC(C)CC4)cc3)c2C)cc1. The number of hydrogen-bond acceptors (Lipinski definition) is 4. The zero-order chi connectivity index (χ0) is 24.2. The second-order valence-corrected chi connectivity index (χ2v) is 9.66. The lowest BCUT2D eigenvalue weighted by Gasteiger charge is -2.29. The molecule has 1 fully saturated rings. The topological polar surface area (TPSA) is 82.2 Å². The van der Waals surface area contributed by atoms with E-state index in [1.807, 2.05) is 48.0 Å². The van der Waals surface area contributed by atoms with Crippen LogP contribution in [-0.4, -0.2) is 28.8 Å². The fraction of sp³-hybridized carbons (Fsp3) is 0.429. The Labute approximate surface area is 202 Å². The summed E-state index contributed by atoms with van der Waals surface area (Å²) in [5, 5.41) is 7.78. The van der Waals surface area contributed by atoms with Crippen LogP contribution in [0.5, 0.6) is 5.75 Å². The molecule has 3 aromatic rings. The van der Waals surface area contributed by atoms with E-state index < -0.39 is 6.04 Å². The maximum Gasteiger partial charge on any atom is 0.241 e. The van der Waals surface area contributed by atoms with Gasteiger partial charge in [-0.1, -0.05) is 44.0 Å². The summed E-state index contributed by atoms with van der Waals surface area (Å²) < 4.78 is 7.28. The summed E-state index contributed by atoms with van der Waals surface area (Å²) in [6, 6.07) is 15.6. The van der Waals surface area contributed by atoms with Crippen LogP contribution in [0.25, 0.3) is 11.1 Å². The minimum absolute atomic E-state index is 0.0908. The lowest BCUT2D eigenvalue weighted by atomic mass is 9.79. The predicted molar refractivity (Wildman–Crippen MR) is 137 cm³/mol. The number of carbonyl (C=O) groups excluding carboxylic acids is 1. The Morgan fingerprint density at radius 2 is 1.74 bits per heavy atom. The van der Waals surface area contributed by atoms with Crippen molar-refractivity contribution in [2.75, 3.05) is 12.4 Å². The Morgan fingerprint density at radius 3 is 2.35 bits per heavy atom. The number of amides is 1. The molecule has 1 heterocycles. The smallest absolute Gasteiger partial charge is 0.241 e. The molecule has 6 nitrogen and oxygen atoms in total. The monoisotopic (exact) mass is 460 g/mol. The number of nitrogens with zero attached hydrogens (tertiary/aromatic N) is 2. The van der Waals surface area contributed by atoms with E-state index in [1.54, 1.807) is 7.11 Å². The first-order valence-electron chi connectivity index (χ1n) is 12.2. The Balaban J connectivity index is 1.43. The summed E-state index contributed by atoms with van der Waals surface area (Å²) in [7, 11) is 1.67. The Morgan fingerprint density at radius 1 is 1.09 bits per heavy atom. The van der Waals surface area contributed by atoms with Crippen LogP contribution in [0.3, 0.4) is 0 Å². The lowest BCUT2D eigenvalue weighted by Crippen LogP contribution is -2.43. The van der Waals surface area contributed by atoms with Crippen LogP contribution in [0.1, 0.15) is 49.6 Å². The molecule has 34 heavy (non-hydrogen) atoms. The van der Waals surface area contributed by atoms with Crippen molar-refractivity contribution in [2.45, 2.75) is 59.0 Å². The molecule has 0 bridgehead atoms. The molecule has 0 radical (unpaired) electrons. The number of benzene rings is 2. The molecule has 4 rings (SSSR count). The van der Waals surface area contributed by atoms with Crippen LogP contribution < -0.4 is 15.8 Å². The van der Waals surface area contributed by atoms with E-state index in [2.05, 4.69) is 31.3 Å². The predicted octanol–water partition coefficient (Wildman–Crippen LogP) is 5.32. The van der Waals surface area contributed by atoms with E-state index in [-0.39, 0.29) is 11.8 Å². The third-order valence-electron chi connectivity index (χ3n) is 7.19. The second-order valence-electron chi connectivity index (χ2n) is 9.66. The minimum atomic E-state index is -0.451. The van der Waals surface area contributed by atoms with E-state index in [0.29, 0.717) is 6.54 Å². The van der Waals surface area contributed by atoms with Crippen LogP contribution in [0.2, 0.25) is 0 Å². The van der Waals surface area contributed by atoms with Gasteiger partial charge in [0, 0.05) is 16.9 Å². The molecule has 2 aromatic carbocycles. The first-order valence-corrected chi connectivity index (χ1v) is 12.2. The Kier molecular flexibility index (Phi) is 7.37. The van der Waals surface area contributed by atoms with Crippen LogP contribution in [0, 0.1) is 25.7 Å². The number of aromatic nitrogens is 2.